The number of hydrogen-bond donors (Lipinski definition) is 1. The van der Waals surface area contributed by atoms with Gasteiger partial charge in [-0.1, -0.05) is 0 Å². The second-order valence-electron chi connectivity index (χ2n) is 3.50. The number of nitrogens with one attached hydrogen (secondary N) is 1. The Hall–Kier alpha value is -0.860. The molecule has 1 aromatic heterocycles. The Balaban J connectivity index is 2.12. The van der Waals surface area contributed by atoms with E-state index in [9.17, 15) is 0 Å². The first-order valence-electron chi connectivity index (χ1n) is 4.57. The molecular formula is C9H11BrN4. The van der Waals surface area contributed by atoms with Crippen LogP contribution in [-0.4, -0.2) is 15.8 Å². The maximum absolute atomic E-state index is 8.84. The molecule has 0 unspecified atom stereocenters. The van der Waals surface area contributed by atoms with Crippen LogP contribution in [0.2, 0.25) is 0 Å². The largest absolute Gasteiger partial charge is 0.308 e. The SMILES string of the molecule is Cn1nc(CNC2CC2)c(Br)c1C#N. The normalized spacial score (nSPS) is 15.5. The number of halogens is 1. The van der Waals surface area contributed by atoms with Gasteiger partial charge in [-0.25, -0.2) is 0 Å². The maximum atomic E-state index is 8.84. The second-order valence-corrected chi connectivity index (χ2v) is 4.29. The van der Waals surface area contributed by atoms with E-state index in [0.717, 1.165) is 16.7 Å². The molecule has 0 radical (unpaired) electrons. The van der Waals surface area contributed by atoms with Crippen LogP contribution < -0.4 is 5.32 Å². The van der Waals surface area contributed by atoms with Crippen LogP contribution in [0.5, 0.6) is 0 Å². The third-order valence-electron chi connectivity index (χ3n) is 2.30. The first-order chi connectivity index (χ1) is 6.72. The van der Waals surface area contributed by atoms with Crippen LogP contribution in [0.1, 0.15) is 24.2 Å². The predicted molar refractivity (Wildman–Crippen MR) is 55.5 cm³/mol. The van der Waals surface area contributed by atoms with E-state index in [-0.39, 0.29) is 0 Å². The molecule has 1 N–H and O–H groups in total. The molecule has 0 spiro atoms. The zero-order valence-electron chi connectivity index (χ0n) is 7.92. The number of nitriles is 1. The van der Waals surface area contributed by atoms with Gasteiger partial charge >= 0.3 is 0 Å². The summed E-state index contributed by atoms with van der Waals surface area (Å²) < 4.78 is 2.42. The van der Waals surface area contributed by atoms with Crippen molar-refractivity contribution in [3.63, 3.8) is 0 Å². The van der Waals surface area contributed by atoms with Crippen LogP contribution in [0, 0.1) is 11.3 Å². The Morgan fingerprint density at radius 1 is 1.71 bits per heavy atom. The summed E-state index contributed by atoms with van der Waals surface area (Å²) in [5.41, 5.74) is 1.49. The van der Waals surface area contributed by atoms with Crippen molar-refractivity contribution in [3.05, 3.63) is 15.9 Å². The van der Waals surface area contributed by atoms with Crippen LogP contribution in [0.15, 0.2) is 4.47 Å². The van der Waals surface area contributed by atoms with Gasteiger partial charge in [0, 0.05) is 19.6 Å². The van der Waals surface area contributed by atoms with Crippen LogP contribution in [0.4, 0.5) is 0 Å². The zero-order valence-corrected chi connectivity index (χ0v) is 9.50. The number of aromatic nitrogens is 2. The van der Waals surface area contributed by atoms with E-state index in [4.69, 9.17) is 5.26 Å². The molecule has 14 heavy (non-hydrogen) atoms. The van der Waals surface area contributed by atoms with Gasteiger partial charge in [0.05, 0.1) is 10.2 Å². The average molecular weight is 255 g/mol. The summed E-state index contributed by atoms with van der Waals surface area (Å²) >= 11 is 3.39. The highest BCUT2D eigenvalue weighted by Gasteiger charge is 2.22. The molecule has 4 nitrogen and oxygen atoms in total. The molecule has 0 bridgehead atoms. The fourth-order valence-electron chi connectivity index (χ4n) is 1.32. The van der Waals surface area contributed by atoms with Crippen LogP contribution in [0.3, 0.4) is 0 Å². The minimum absolute atomic E-state index is 0.581. The second kappa shape index (κ2) is 3.71. The molecule has 0 amide bonds. The highest BCUT2D eigenvalue weighted by molar-refractivity contribution is 9.10. The van der Waals surface area contributed by atoms with Gasteiger partial charge in [-0.05, 0) is 28.8 Å². The summed E-state index contributed by atoms with van der Waals surface area (Å²) in [7, 11) is 1.78. The Labute approximate surface area is 91.0 Å². The molecule has 0 atom stereocenters. The van der Waals surface area contributed by atoms with Crippen molar-refractivity contribution in [3.8, 4) is 6.07 Å². The lowest BCUT2D eigenvalue weighted by molar-refractivity contribution is 0.650. The number of rotatable bonds is 3. The molecule has 1 saturated carbocycles. The molecule has 0 aliphatic heterocycles. The first-order valence-corrected chi connectivity index (χ1v) is 5.36. The van der Waals surface area contributed by atoms with E-state index in [1.165, 1.54) is 12.8 Å². The molecule has 0 saturated heterocycles. The van der Waals surface area contributed by atoms with Gasteiger partial charge in [-0.2, -0.15) is 10.4 Å². The Bertz CT molecular complexity index is 386. The summed E-state index contributed by atoms with van der Waals surface area (Å²) in [5.74, 6) is 0. The van der Waals surface area contributed by atoms with Gasteiger partial charge in [0.25, 0.3) is 0 Å². The smallest absolute Gasteiger partial charge is 0.152 e. The zero-order chi connectivity index (χ0) is 10.1. The summed E-state index contributed by atoms with van der Waals surface area (Å²) in [6, 6.07) is 2.77. The van der Waals surface area contributed by atoms with Crippen molar-refractivity contribution in [1.29, 1.82) is 5.26 Å². The van der Waals surface area contributed by atoms with Crippen molar-refractivity contribution in [2.75, 3.05) is 0 Å². The molecule has 2 rings (SSSR count). The quantitative estimate of drug-likeness (QED) is 0.885. The molecule has 0 aromatic carbocycles. The van der Waals surface area contributed by atoms with Gasteiger partial charge in [-0.15, -0.1) is 0 Å². The van der Waals surface area contributed by atoms with E-state index >= 15 is 0 Å². The highest BCUT2D eigenvalue weighted by atomic mass is 79.9. The van der Waals surface area contributed by atoms with Crippen molar-refractivity contribution in [1.82, 2.24) is 15.1 Å². The number of hydrogen-bond acceptors (Lipinski definition) is 3. The Morgan fingerprint density at radius 3 is 2.93 bits per heavy atom. The summed E-state index contributed by atoms with van der Waals surface area (Å²) in [6.07, 6.45) is 2.52. The van der Waals surface area contributed by atoms with Crippen LogP contribution >= 0.6 is 15.9 Å². The van der Waals surface area contributed by atoms with E-state index in [1.807, 2.05) is 0 Å². The van der Waals surface area contributed by atoms with Gasteiger partial charge < -0.3 is 5.32 Å². The topological polar surface area (TPSA) is 53.6 Å². The minimum Gasteiger partial charge on any atom is -0.308 e. The minimum atomic E-state index is 0.581. The summed E-state index contributed by atoms with van der Waals surface area (Å²) in [4.78, 5) is 0. The van der Waals surface area contributed by atoms with Gasteiger partial charge in [-0.3, -0.25) is 4.68 Å². The van der Waals surface area contributed by atoms with Crippen molar-refractivity contribution in [2.24, 2.45) is 7.05 Å². The third-order valence-corrected chi connectivity index (χ3v) is 3.13. The molecule has 5 heteroatoms. The number of aryl methyl sites for hydroxylation is 1. The van der Waals surface area contributed by atoms with Gasteiger partial charge in [0.2, 0.25) is 0 Å². The fourth-order valence-corrected chi connectivity index (χ4v) is 1.88. The lowest BCUT2D eigenvalue weighted by Crippen LogP contribution is -2.16. The van der Waals surface area contributed by atoms with Crippen LogP contribution in [-0.2, 0) is 13.6 Å². The van der Waals surface area contributed by atoms with Crippen molar-refractivity contribution >= 4 is 15.9 Å². The first kappa shape index (κ1) is 9.69. The highest BCUT2D eigenvalue weighted by Crippen LogP contribution is 2.23. The summed E-state index contributed by atoms with van der Waals surface area (Å²) in [5, 5.41) is 16.5. The number of nitrogens with zero attached hydrogens (tertiary/aromatic N) is 3. The van der Waals surface area contributed by atoms with Crippen LogP contribution in [0.25, 0.3) is 0 Å². The molecule has 1 aliphatic rings. The van der Waals surface area contributed by atoms with Crippen molar-refractivity contribution < 1.29 is 0 Å². The molecule has 1 fully saturated rings. The fraction of sp³-hybridized carbons (Fsp3) is 0.556. The standard InChI is InChI=1S/C9H11BrN4/c1-14-8(4-11)9(10)7(13-14)5-12-6-2-3-6/h6,12H,2-3,5H2,1H3. The molecule has 1 aromatic rings. The Morgan fingerprint density at radius 2 is 2.43 bits per heavy atom. The molecular weight excluding hydrogens is 244 g/mol. The maximum Gasteiger partial charge on any atom is 0.152 e. The van der Waals surface area contributed by atoms with E-state index in [1.54, 1.807) is 11.7 Å². The van der Waals surface area contributed by atoms with E-state index in [0.29, 0.717) is 11.7 Å². The monoisotopic (exact) mass is 254 g/mol. The molecule has 74 valence electrons. The lowest BCUT2D eigenvalue weighted by Gasteiger charge is -1.98. The molecule has 1 aliphatic carbocycles. The van der Waals surface area contributed by atoms with E-state index < -0.39 is 0 Å². The van der Waals surface area contributed by atoms with E-state index in [2.05, 4.69) is 32.4 Å². The average Bonchev–Trinajstić information content (AvgIpc) is 2.92. The lowest BCUT2D eigenvalue weighted by atomic mass is 10.3. The predicted octanol–water partition coefficient (Wildman–Crippen LogP) is 1.31. The Kier molecular flexibility index (Phi) is 2.57. The van der Waals surface area contributed by atoms with Gasteiger partial charge in [0.1, 0.15) is 6.07 Å². The molecule has 1 heterocycles. The summed E-state index contributed by atoms with van der Waals surface area (Å²) in [6.45, 7) is 0.737. The van der Waals surface area contributed by atoms with Gasteiger partial charge in [0.15, 0.2) is 5.69 Å². The third kappa shape index (κ3) is 1.81. The van der Waals surface area contributed by atoms with Crippen molar-refractivity contribution in [2.45, 2.75) is 25.4 Å².